The van der Waals surface area contributed by atoms with Gasteiger partial charge in [-0.05, 0) is 26.3 Å². The third-order valence-corrected chi connectivity index (χ3v) is 3.18. The van der Waals surface area contributed by atoms with Crippen LogP contribution in [0.25, 0.3) is 0 Å². The van der Waals surface area contributed by atoms with Crippen LogP contribution in [0.1, 0.15) is 43.9 Å². The molecule has 0 fully saturated rings. The Bertz CT molecular complexity index is 431. The third-order valence-electron chi connectivity index (χ3n) is 3.18. The lowest BCUT2D eigenvalue weighted by atomic mass is 10.0. The van der Waals surface area contributed by atoms with Crippen molar-refractivity contribution >= 4 is 5.97 Å². The molecule has 0 bridgehead atoms. The maximum Gasteiger partial charge on any atom is 0.320 e. The average Bonchev–Trinajstić information content (AvgIpc) is 2.37. The van der Waals surface area contributed by atoms with Crippen molar-refractivity contribution in [3.8, 4) is 5.75 Å². The molecule has 0 amide bonds. The summed E-state index contributed by atoms with van der Waals surface area (Å²) in [6.45, 7) is 5.95. The quantitative estimate of drug-likeness (QED) is 0.796. The lowest BCUT2D eigenvalue weighted by Crippen LogP contribution is -2.38. The highest BCUT2D eigenvalue weighted by molar-refractivity contribution is 5.73. The fraction of sp³-hybridized carbons (Fsp3) is 0.533. The van der Waals surface area contributed by atoms with E-state index in [0.29, 0.717) is 6.42 Å². The van der Waals surface area contributed by atoms with Crippen LogP contribution in [0.3, 0.4) is 0 Å². The van der Waals surface area contributed by atoms with Crippen molar-refractivity contribution < 1.29 is 14.6 Å². The molecule has 2 N–H and O–H groups in total. The average molecular weight is 265 g/mol. The molecule has 106 valence electrons. The Kier molecular flexibility index (Phi) is 5.83. The number of rotatable bonds is 7. The number of nitrogens with one attached hydrogen (secondary N) is 1. The standard InChI is InChI=1S/C15H23NO3/c1-5-6-13(15(17)18)16-11(3)12-9-10(2)7-8-14(12)19-4/h7-9,11,13,16H,5-6H2,1-4H3,(H,17,18). The second-order valence-electron chi connectivity index (χ2n) is 4.81. The van der Waals surface area contributed by atoms with Crippen LogP contribution in [0, 0.1) is 6.92 Å². The molecule has 0 spiro atoms. The van der Waals surface area contributed by atoms with Crippen molar-refractivity contribution in [2.24, 2.45) is 0 Å². The topological polar surface area (TPSA) is 58.6 Å². The van der Waals surface area contributed by atoms with E-state index in [-0.39, 0.29) is 6.04 Å². The SMILES string of the molecule is CCCC(NC(C)c1cc(C)ccc1OC)C(=O)O. The van der Waals surface area contributed by atoms with Gasteiger partial charge < -0.3 is 9.84 Å². The van der Waals surface area contributed by atoms with Crippen LogP contribution in [-0.2, 0) is 4.79 Å². The lowest BCUT2D eigenvalue weighted by molar-refractivity contribution is -0.139. The van der Waals surface area contributed by atoms with E-state index in [1.807, 2.05) is 39.0 Å². The van der Waals surface area contributed by atoms with Crippen LogP contribution >= 0.6 is 0 Å². The summed E-state index contributed by atoms with van der Waals surface area (Å²) in [6.07, 6.45) is 1.45. The molecule has 4 heteroatoms. The Balaban J connectivity index is 2.89. The van der Waals surface area contributed by atoms with Crippen molar-refractivity contribution in [3.05, 3.63) is 29.3 Å². The minimum absolute atomic E-state index is 0.0671. The van der Waals surface area contributed by atoms with Crippen molar-refractivity contribution in [3.63, 3.8) is 0 Å². The molecule has 2 unspecified atom stereocenters. The molecule has 19 heavy (non-hydrogen) atoms. The second-order valence-corrected chi connectivity index (χ2v) is 4.81. The minimum Gasteiger partial charge on any atom is -0.496 e. The predicted octanol–water partition coefficient (Wildman–Crippen LogP) is 2.91. The summed E-state index contributed by atoms with van der Waals surface area (Å²) in [5.41, 5.74) is 2.12. The first-order valence-corrected chi connectivity index (χ1v) is 6.63. The molecule has 0 saturated carbocycles. The summed E-state index contributed by atoms with van der Waals surface area (Å²) in [5.74, 6) is -0.0217. The van der Waals surface area contributed by atoms with E-state index in [2.05, 4.69) is 5.32 Å². The summed E-state index contributed by atoms with van der Waals surface area (Å²) in [7, 11) is 1.63. The van der Waals surface area contributed by atoms with Gasteiger partial charge in [0.2, 0.25) is 0 Å². The summed E-state index contributed by atoms with van der Waals surface area (Å²) < 4.78 is 5.34. The highest BCUT2D eigenvalue weighted by Gasteiger charge is 2.21. The van der Waals surface area contributed by atoms with Gasteiger partial charge in [-0.25, -0.2) is 0 Å². The van der Waals surface area contributed by atoms with Crippen LogP contribution in [0.15, 0.2) is 18.2 Å². The van der Waals surface area contributed by atoms with Gasteiger partial charge >= 0.3 is 5.97 Å². The van der Waals surface area contributed by atoms with Gasteiger partial charge in [-0.2, -0.15) is 0 Å². The number of methoxy groups -OCH3 is 1. The van der Waals surface area contributed by atoms with E-state index < -0.39 is 12.0 Å². The van der Waals surface area contributed by atoms with Gasteiger partial charge in [0, 0.05) is 11.6 Å². The van der Waals surface area contributed by atoms with E-state index in [4.69, 9.17) is 4.74 Å². The smallest absolute Gasteiger partial charge is 0.320 e. The molecule has 0 aromatic heterocycles. The Morgan fingerprint density at radius 3 is 2.68 bits per heavy atom. The number of hydrogen-bond donors (Lipinski definition) is 2. The molecule has 1 aromatic carbocycles. The van der Waals surface area contributed by atoms with Gasteiger partial charge in [-0.15, -0.1) is 0 Å². The molecule has 4 nitrogen and oxygen atoms in total. The zero-order chi connectivity index (χ0) is 14.4. The molecule has 1 aromatic rings. The normalized spacial score (nSPS) is 13.9. The molecule has 0 radical (unpaired) electrons. The Morgan fingerprint density at radius 2 is 2.16 bits per heavy atom. The van der Waals surface area contributed by atoms with E-state index in [9.17, 15) is 9.90 Å². The van der Waals surface area contributed by atoms with Crippen molar-refractivity contribution in [1.82, 2.24) is 5.32 Å². The monoisotopic (exact) mass is 265 g/mol. The van der Waals surface area contributed by atoms with E-state index in [1.165, 1.54) is 0 Å². The fourth-order valence-electron chi connectivity index (χ4n) is 2.15. The predicted molar refractivity (Wildman–Crippen MR) is 75.6 cm³/mol. The summed E-state index contributed by atoms with van der Waals surface area (Å²) in [5, 5.41) is 12.3. The number of carboxylic acids is 1. The maximum absolute atomic E-state index is 11.2. The van der Waals surface area contributed by atoms with Gasteiger partial charge in [0.25, 0.3) is 0 Å². The zero-order valence-corrected chi connectivity index (χ0v) is 12.1. The van der Waals surface area contributed by atoms with Crippen LogP contribution < -0.4 is 10.1 Å². The molecule has 0 aliphatic rings. The van der Waals surface area contributed by atoms with Gasteiger partial charge in [0.1, 0.15) is 11.8 Å². The van der Waals surface area contributed by atoms with Crippen LogP contribution in [0.4, 0.5) is 0 Å². The molecular weight excluding hydrogens is 242 g/mol. The first kappa shape index (κ1) is 15.5. The minimum atomic E-state index is -0.805. The zero-order valence-electron chi connectivity index (χ0n) is 12.1. The second kappa shape index (κ2) is 7.14. The third kappa shape index (κ3) is 4.24. The maximum atomic E-state index is 11.2. The molecule has 0 heterocycles. The molecule has 1 rings (SSSR count). The number of aryl methyl sites for hydroxylation is 1. The molecule has 0 aliphatic carbocycles. The largest absolute Gasteiger partial charge is 0.496 e. The molecule has 0 saturated heterocycles. The Hall–Kier alpha value is -1.55. The van der Waals surface area contributed by atoms with Gasteiger partial charge in [0.05, 0.1) is 7.11 Å². The summed E-state index contributed by atoms with van der Waals surface area (Å²) >= 11 is 0. The van der Waals surface area contributed by atoms with Gasteiger partial charge in [0.15, 0.2) is 0 Å². The first-order valence-electron chi connectivity index (χ1n) is 6.63. The van der Waals surface area contributed by atoms with Gasteiger partial charge in [-0.3, -0.25) is 10.1 Å². The van der Waals surface area contributed by atoms with E-state index in [0.717, 1.165) is 23.3 Å². The Labute approximate surface area is 114 Å². The summed E-state index contributed by atoms with van der Waals surface area (Å²) in [6, 6.07) is 5.34. The van der Waals surface area contributed by atoms with Gasteiger partial charge in [-0.1, -0.05) is 31.0 Å². The van der Waals surface area contributed by atoms with Crippen molar-refractivity contribution in [1.29, 1.82) is 0 Å². The fourth-order valence-corrected chi connectivity index (χ4v) is 2.15. The molecule has 0 aliphatic heterocycles. The first-order chi connectivity index (χ1) is 8.99. The highest BCUT2D eigenvalue weighted by Crippen LogP contribution is 2.26. The number of benzene rings is 1. The number of aliphatic carboxylic acids is 1. The van der Waals surface area contributed by atoms with Crippen LogP contribution in [-0.4, -0.2) is 24.2 Å². The lowest BCUT2D eigenvalue weighted by Gasteiger charge is -2.22. The summed E-state index contributed by atoms with van der Waals surface area (Å²) in [4.78, 5) is 11.2. The Morgan fingerprint density at radius 1 is 1.47 bits per heavy atom. The van der Waals surface area contributed by atoms with E-state index in [1.54, 1.807) is 7.11 Å². The number of hydrogen-bond acceptors (Lipinski definition) is 3. The van der Waals surface area contributed by atoms with E-state index >= 15 is 0 Å². The van der Waals surface area contributed by atoms with Crippen molar-refractivity contribution in [2.75, 3.05) is 7.11 Å². The molecule has 2 atom stereocenters. The number of carbonyl (C=O) groups is 1. The molecular formula is C15H23NO3. The van der Waals surface area contributed by atoms with Crippen molar-refractivity contribution in [2.45, 2.75) is 45.7 Å². The van der Waals surface area contributed by atoms with Crippen LogP contribution in [0.2, 0.25) is 0 Å². The number of carboxylic acid groups (broad SMARTS) is 1. The van der Waals surface area contributed by atoms with Crippen LogP contribution in [0.5, 0.6) is 5.75 Å². The number of ether oxygens (including phenoxy) is 1. The highest BCUT2D eigenvalue weighted by atomic mass is 16.5.